The molecule has 0 aliphatic rings. The minimum Gasteiger partial charge on any atom is -0.441 e. The van der Waals surface area contributed by atoms with Crippen LogP contribution in [0.15, 0.2) is 42.5 Å². The van der Waals surface area contributed by atoms with E-state index in [4.69, 9.17) is 0 Å². The van der Waals surface area contributed by atoms with Crippen LogP contribution < -0.4 is 4.74 Å². The molecule has 0 N–H and O–H groups in total. The van der Waals surface area contributed by atoms with Crippen molar-refractivity contribution < 1.29 is 17.9 Å². The SMILES string of the molecule is FC(F)(F)C(=S)Oc1ccc2ccccc2c1. The van der Waals surface area contributed by atoms with E-state index in [1.165, 1.54) is 12.1 Å². The van der Waals surface area contributed by atoms with Gasteiger partial charge in [-0.2, -0.15) is 13.2 Å². The highest BCUT2D eigenvalue weighted by molar-refractivity contribution is 7.80. The molecule has 0 saturated heterocycles. The third-order valence-corrected chi connectivity index (χ3v) is 2.48. The van der Waals surface area contributed by atoms with Gasteiger partial charge in [-0.3, -0.25) is 0 Å². The molecule has 0 bridgehead atoms. The Morgan fingerprint density at radius 3 is 2.29 bits per heavy atom. The lowest BCUT2D eigenvalue weighted by Crippen LogP contribution is -2.25. The van der Waals surface area contributed by atoms with Gasteiger partial charge in [0.2, 0.25) is 0 Å². The summed E-state index contributed by atoms with van der Waals surface area (Å²) >= 11 is 4.15. The van der Waals surface area contributed by atoms with Gasteiger partial charge in [0.1, 0.15) is 5.75 Å². The van der Waals surface area contributed by atoms with Crippen LogP contribution in [0.4, 0.5) is 13.2 Å². The largest absolute Gasteiger partial charge is 0.460 e. The number of benzene rings is 2. The summed E-state index contributed by atoms with van der Waals surface area (Å²) in [5, 5.41) is 0.348. The lowest BCUT2D eigenvalue weighted by atomic mass is 10.1. The minimum absolute atomic E-state index is 0.0889. The second-order valence-corrected chi connectivity index (χ2v) is 3.77. The van der Waals surface area contributed by atoms with Gasteiger partial charge in [-0.25, -0.2) is 0 Å². The topological polar surface area (TPSA) is 9.23 Å². The Labute approximate surface area is 101 Å². The molecule has 0 amide bonds. The fourth-order valence-corrected chi connectivity index (χ4v) is 1.49. The maximum atomic E-state index is 12.2. The predicted molar refractivity (Wildman–Crippen MR) is 63.2 cm³/mol. The molecule has 0 unspecified atom stereocenters. The molecule has 2 aromatic rings. The molecule has 0 aliphatic carbocycles. The van der Waals surface area contributed by atoms with Crippen LogP contribution in [0.3, 0.4) is 0 Å². The summed E-state index contributed by atoms with van der Waals surface area (Å²) in [6, 6.07) is 12.0. The highest BCUT2D eigenvalue weighted by atomic mass is 32.1. The molecular formula is C12H7F3OS. The predicted octanol–water partition coefficient (Wildman–Crippen LogP) is 4.11. The zero-order valence-electron chi connectivity index (χ0n) is 8.49. The number of thiocarbonyl (C=S) groups is 1. The number of halogens is 3. The van der Waals surface area contributed by atoms with Gasteiger partial charge in [0.25, 0.3) is 5.05 Å². The summed E-state index contributed by atoms with van der Waals surface area (Å²) in [6.45, 7) is 0. The zero-order valence-corrected chi connectivity index (χ0v) is 9.31. The van der Waals surface area contributed by atoms with Crippen LogP contribution >= 0.6 is 12.2 Å². The van der Waals surface area contributed by atoms with Gasteiger partial charge in [0.15, 0.2) is 0 Å². The molecule has 0 aliphatic heterocycles. The highest BCUT2D eigenvalue weighted by Gasteiger charge is 2.36. The van der Waals surface area contributed by atoms with E-state index in [0.29, 0.717) is 0 Å². The molecule has 17 heavy (non-hydrogen) atoms. The Hall–Kier alpha value is -1.62. The standard InChI is InChI=1S/C12H7F3OS/c13-12(14,15)11(17)16-10-6-5-8-3-1-2-4-9(8)7-10/h1-7H. The smallest absolute Gasteiger partial charge is 0.441 e. The normalized spacial score (nSPS) is 11.5. The fourth-order valence-electron chi connectivity index (χ4n) is 1.40. The number of fused-ring (bicyclic) bond motifs is 1. The van der Waals surface area contributed by atoms with Crippen molar-refractivity contribution in [2.75, 3.05) is 0 Å². The Morgan fingerprint density at radius 2 is 1.65 bits per heavy atom. The number of rotatable bonds is 1. The molecular weight excluding hydrogens is 249 g/mol. The summed E-state index contributed by atoms with van der Waals surface area (Å²) < 4.78 is 41.1. The van der Waals surface area contributed by atoms with Crippen LogP contribution in [0.25, 0.3) is 10.8 Å². The molecule has 0 aromatic heterocycles. The van der Waals surface area contributed by atoms with Crippen LogP contribution in [0.2, 0.25) is 0 Å². The van der Waals surface area contributed by atoms with E-state index in [1.54, 1.807) is 18.2 Å². The van der Waals surface area contributed by atoms with E-state index in [2.05, 4.69) is 17.0 Å². The highest BCUT2D eigenvalue weighted by Crippen LogP contribution is 2.24. The molecule has 1 nitrogen and oxygen atoms in total. The molecule has 0 heterocycles. The average molecular weight is 256 g/mol. The van der Waals surface area contributed by atoms with E-state index in [-0.39, 0.29) is 5.75 Å². The maximum absolute atomic E-state index is 12.2. The number of ether oxygens (including phenoxy) is 1. The second-order valence-electron chi connectivity index (χ2n) is 3.40. The van der Waals surface area contributed by atoms with Crippen LogP contribution in [-0.2, 0) is 0 Å². The van der Waals surface area contributed by atoms with Crippen LogP contribution in [-0.4, -0.2) is 11.2 Å². The lowest BCUT2D eigenvalue weighted by Gasteiger charge is -2.10. The first-order valence-corrected chi connectivity index (χ1v) is 5.15. The van der Waals surface area contributed by atoms with Gasteiger partial charge < -0.3 is 4.74 Å². The van der Waals surface area contributed by atoms with E-state index < -0.39 is 11.2 Å². The van der Waals surface area contributed by atoms with Gasteiger partial charge in [0, 0.05) is 0 Å². The molecule has 0 fully saturated rings. The van der Waals surface area contributed by atoms with E-state index in [9.17, 15) is 13.2 Å². The summed E-state index contributed by atoms with van der Waals surface area (Å²) in [5.74, 6) is 0.0889. The third-order valence-electron chi connectivity index (χ3n) is 2.16. The lowest BCUT2D eigenvalue weighted by molar-refractivity contribution is -0.0676. The van der Waals surface area contributed by atoms with Crippen molar-refractivity contribution in [3.05, 3.63) is 42.5 Å². The summed E-state index contributed by atoms with van der Waals surface area (Å²) in [7, 11) is 0. The van der Waals surface area contributed by atoms with Crippen molar-refractivity contribution >= 4 is 28.0 Å². The van der Waals surface area contributed by atoms with Crippen molar-refractivity contribution in [2.24, 2.45) is 0 Å². The molecule has 2 rings (SSSR count). The zero-order chi connectivity index (χ0) is 12.5. The second kappa shape index (κ2) is 4.33. The Balaban J connectivity index is 2.29. The monoisotopic (exact) mass is 256 g/mol. The van der Waals surface area contributed by atoms with E-state index in [1.807, 2.05) is 12.1 Å². The summed E-state index contributed by atoms with van der Waals surface area (Å²) in [6.07, 6.45) is -4.61. The summed E-state index contributed by atoms with van der Waals surface area (Å²) in [5.41, 5.74) is 0. The Morgan fingerprint density at radius 1 is 1.00 bits per heavy atom. The van der Waals surface area contributed by atoms with Crippen LogP contribution in [0.5, 0.6) is 5.75 Å². The molecule has 2 aromatic carbocycles. The fraction of sp³-hybridized carbons (Fsp3) is 0.0833. The van der Waals surface area contributed by atoms with Gasteiger partial charge in [0.05, 0.1) is 0 Å². The van der Waals surface area contributed by atoms with Crippen molar-refractivity contribution in [1.29, 1.82) is 0 Å². The van der Waals surface area contributed by atoms with Crippen LogP contribution in [0.1, 0.15) is 0 Å². The molecule has 0 radical (unpaired) electrons. The molecule has 5 heteroatoms. The number of alkyl halides is 3. The van der Waals surface area contributed by atoms with Crippen molar-refractivity contribution in [2.45, 2.75) is 6.18 Å². The summed E-state index contributed by atoms with van der Waals surface area (Å²) in [4.78, 5) is 0. The van der Waals surface area contributed by atoms with Gasteiger partial charge >= 0.3 is 6.18 Å². The third kappa shape index (κ3) is 2.74. The van der Waals surface area contributed by atoms with Crippen LogP contribution in [0, 0.1) is 0 Å². The molecule has 0 saturated carbocycles. The quantitative estimate of drug-likeness (QED) is 0.710. The first-order chi connectivity index (χ1) is 7.97. The molecule has 0 spiro atoms. The van der Waals surface area contributed by atoms with Crippen molar-refractivity contribution in [3.63, 3.8) is 0 Å². The van der Waals surface area contributed by atoms with E-state index in [0.717, 1.165) is 10.8 Å². The maximum Gasteiger partial charge on any atom is 0.460 e. The van der Waals surface area contributed by atoms with Gasteiger partial charge in [-0.15, -0.1) is 0 Å². The Bertz CT molecular complexity index is 563. The first-order valence-electron chi connectivity index (χ1n) is 4.74. The Kier molecular flexibility index (Phi) is 3.02. The van der Waals surface area contributed by atoms with E-state index >= 15 is 0 Å². The van der Waals surface area contributed by atoms with Crippen molar-refractivity contribution in [3.8, 4) is 5.75 Å². The van der Waals surface area contributed by atoms with Gasteiger partial charge in [-0.1, -0.05) is 30.3 Å². The molecule has 88 valence electrons. The number of hydrogen-bond donors (Lipinski definition) is 0. The van der Waals surface area contributed by atoms with Crippen molar-refractivity contribution in [1.82, 2.24) is 0 Å². The first kappa shape index (κ1) is 11.9. The molecule has 0 atom stereocenters. The average Bonchev–Trinajstić information content (AvgIpc) is 2.27. The minimum atomic E-state index is -4.61. The number of hydrogen-bond acceptors (Lipinski definition) is 2. The van der Waals surface area contributed by atoms with Gasteiger partial charge in [-0.05, 0) is 35.1 Å².